The van der Waals surface area contributed by atoms with E-state index in [1.165, 1.54) is 19.1 Å². The summed E-state index contributed by atoms with van der Waals surface area (Å²) in [6.45, 7) is 3.11. The van der Waals surface area contributed by atoms with Gasteiger partial charge in [0.05, 0.1) is 11.0 Å². The molecule has 0 spiro atoms. The lowest BCUT2D eigenvalue weighted by Crippen LogP contribution is -2.18. The van der Waals surface area contributed by atoms with E-state index in [-0.39, 0.29) is 16.9 Å². The van der Waals surface area contributed by atoms with Crippen molar-refractivity contribution >= 4 is 9.84 Å². The van der Waals surface area contributed by atoms with Gasteiger partial charge in [-0.3, -0.25) is 0 Å². The Labute approximate surface area is 94.4 Å². The number of sulfone groups is 1. The van der Waals surface area contributed by atoms with Gasteiger partial charge in [0.15, 0.2) is 15.1 Å². The van der Waals surface area contributed by atoms with Gasteiger partial charge in [-0.2, -0.15) is 5.26 Å². The minimum absolute atomic E-state index is 0.000185. The van der Waals surface area contributed by atoms with Crippen molar-refractivity contribution in [1.82, 2.24) is 0 Å². The third kappa shape index (κ3) is 2.22. The largest absolute Gasteiger partial charge is 0.222 e. The highest BCUT2D eigenvalue weighted by Crippen LogP contribution is 2.20. The number of rotatable bonds is 3. The van der Waals surface area contributed by atoms with Gasteiger partial charge in [0.25, 0.3) is 0 Å². The van der Waals surface area contributed by atoms with Crippen LogP contribution in [-0.2, 0) is 9.84 Å². The van der Waals surface area contributed by atoms with Crippen molar-refractivity contribution in [2.45, 2.75) is 30.4 Å². The van der Waals surface area contributed by atoms with Gasteiger partial charge in [0.1, 0.15) is 5.82 Å². The Morgan fingerprint density at radius 1 is 1.50 bits per heavy atom. The number of halogens is 1. The lowest BCUT2D eigenvalue weighted by atomic mass is 10.2. The Morgan fingerprint density at radius 2 is 2.12 bits per heavy atom. The molecule has 5 heteroatoms. The molecule has 0 aliphatic rings. The quantitative estimate of drug-likeness (QED) is 0.762. The minimum atomic E-state index is -3.67. The predicted molar refractivity (Wildman–Crippen MR) is 58.0 cm³/mol. The van der Waals surface area contributed by atoms with Crippen LogP contribution in [0.3, 0.4) is 0 Å². The Kier molecular flexibility index (Phi) is 3.66. The fraction of sp³-hybridized carbons (Fsp3) is 0.364. The molecule has 0 bridgehead atoms. The van der Waals surface area contributed by atoms with E-state index in [4.69, 9.17) is 5.26 Å². The average Bonchev–Trinajstić information content (AvgIpc) is 2.23. The second-order valence-corrected chi connectivity index (χ2v) is 5.61. The van der Waals surface area contributed by atoms with E-state index in [1.54, 1.807) is 13.0 Å². The van der Waals surface area contributed by atoms with E-state index < -0.39 is 20.9 Å². The molecule has 3 nitrogen and oxygen atoms in total. The maximum Gasteiger partial charge on any atom is 0.194 e. The molecule has 86 valence electrons. The number of hydrogen-bond donors (Lipinski definition) is 0. The van der Waals surface area contributed by atoms with Crippen molar-refractivity contribution in [3.05, 3.63) is 29.6 Å². The molecule has 1 atom stereocenters. The van der Waals surface area contributed by atoms with E-state index in [9.17, 15) is 12.8 Å². The van der Waals surface area contributed by atoms with Gasteiger partial charge in [-0.05, 0) is 37.1 Å². The molecule has 1 aromatic carbocycles. The Morgan fingerprint density at radius 3 is 2.56 bits per heavy atom. The maximum atomic E-state index is 13.0. The first-order chi connectivity index (χ1) is 7.43. The molecule has 16 heavy (non-hydrogen) atoms. The molecule has 0 N–H and O–H groups in total. The van der Waals surface area contributed by atoms with Crippen LogP contribution in [0.4, 0.5) is 4.39 Å². The first kappa shape index (κ1) is 12.7. The second kappa shape index (κ2) is 4.62. The van der Waals surface area contributed by atoms with Crippen LogP contribution >= 0.6 is 0 Å². The van der Waals surface area contributed by atoms with Crippen LogP contribution in [0.5, 0.6) is 0 Å². The van der Waals surface area contributed by atoms with E-state index >= 15 is 0 Å². The van der Waals surface area contributed by atoms with E-state index in [1.807, 2.05) is 0 Å². The zero-order chi connectivity index (χ0) is 12.3. The topological polar surface area (TPSA) is 57.9 Å². The molecule has 0 radical (unpaired) electrons. The standard InChI is InChI=1S/C11H12FNO2S/c1-3-9(7-13)16(14,15)10-4-5-11(12)8(2)6-10/h4-6,9H,3H2,1-2H3. The lowest BCUT2D eigenvalue weighted by molar-refractivity contribution is 0.585. The van der Waals surface area contributed by atoms with Gasteiger partial charge in [-0.15, -0.1) is 0 Å². The molecular formula is C11H12FNO2S. The van der Waals surface area contributed by atoms with Crippen molar-refractivity contribution in [2.75, 3.05) is 0 Å². The molecule has 1 aromatic rings. The number of nitriles is 1. The summed E-state index contributed by atoms with van der Waals surface area (Å²) in [5, 5.41) is 7.67. The summed E-state index contributed by atoms with van der Waals surface area (Å²) >= 11 is 0. The highest BCUT2D eigenvalue weighted by atomic mass is 32.2. The average molecular weight is 241 g/mol. The third-order valence-corrected chi connectivity index (χ3v) is 4.45. The number of hydrogen-bond acceptors (Lipinski definition) is 3. The van der Waals surface area contributed by atoms with Gasteiger partial charge in [-0.1, -0.05) is 6.92 Å². The molecule has 1 rings (SSSR count). The highest BCUT2D eigenvalue weighted by molar-refractivity contribution is 7.92. The lowest BCUT2D eigenvalue weighted by Gasteiger charge is -2.09. The van der Waals surface area contributed by atoms with Gasteiger partial charge >= 0.3 is 0 Å². The molecule has 0 amide bonds. The van der Waals surface area contributed by atoms with Crippen molar-refractivity contribution in [1.29, 1.82) is 5.26 Å². The fourth-order valence-electron chi connectivity index (χ4n) is 1.34. The summed E-state index contributed by atoms with van der Waals surface area (Å²) in [6, 6.07) is 5.29. The summed E-state index contributed by atoms with van der Waals surface area (Å²) in [7, 11) is -3.67. The Balaban J connectivity index is 3.29. The molecule has 0 aliphatic carbocycles. The van der Waals surface area contributed by atoms with Gasteiger partial charge in [0, 0.05) is 0 Å². The van der Waals surface area contributed by atoms with Crippen molar-refractivity contribution in [3.8, 4) is 6.07 Å². The zero-order valence-electron chi connectivity index (χ0n) is 9.07. The molecule has 0 fully saturated rings. The van der Waals surface area contributed by atoms with Crippen LogP contribution in [-0.4, -0.2) is 13.7 Å². The van der Waals surface area contributed by atoms with E-state index in [0.717, 1.165) is 6.07 Å². The molecule has 0 aromatic heterocycles. The first-order valence-corrected chi connectivity index (χ1v) is 6.37. The zero-order valence-corrected chi connectivity index (χ0v) is 9.88. The molecule has 1 unspecified atom stereocenters. The smallest absolute Gasteiger partial charge is 0.194 e. The van der Waals surface area contributed by atoms with Crippen LogP contribution in [0.25, 0.3) is 0 Å². The van der Waals surface area contributed by atoms with Crippen LogP contribution in [0, 0.1) is 24.1 Å². The van der Waals surface area contributed by atoms with E-state index in [2.05, 4.69) is 0 Å². The number of nitrogens with zero attached hydrogens (tertiary/aromatic N) is 1. The first-order valence-electron chi connectivity index (χ1n) is 4.83. The summed E-state index contributed by atoms with van der Waals surface area (Å²) in [4.78, 5) is -0.000185. The monoisotopic (exact) mass is 241 g/mol. The molecule has 0 aliphatic heterocycles. The summed E-state index contributed by atoms with van der Waals surface area (Å²) in [5.41, 5.74) is 0.258. The normalized spacial score (nSPS) is 13.1. The van der Waals surface area contributed by atoms with Crippen LogP contribution in [0.15, 0.2) is 23.1 Å². The van der Waals surface area contributed by atoms with Crippen molar-refractivity contribution < 1.29 is 12.8 Å². The summed E-state index contributed by atoms with van der Waals surface area (Å²) < 4.78 is 36.8. The molecule has 0 saturated carbocycles. The third-order valence-electron chi connectivity index (χ3n) is 2.35. The predicted octanol–water partition coefficient (Wildman–Crippen LogP) is 2.21. The van der Waals surface area contributed by atoms with E-state index in [0.29, 0.717) is 0 Å². The SMILES string of the molecule is CCC(C#N)S(=O)(=O)c1ccc(F)c(C)c1. The molecule has 0 heterocycles. The molecule has 0 saturated heterocycles. The highest BCUT2D eigenvalue weighted by Gasteiger charge is 2.26. The number of aryl methyl sites for hydroxylation is 1. The maximum absolute atomic E-state index is 13.0. The van der Waals surface area contributed by atoms with Crippen molar-refractivity contribution in [3.63, 3.8) is 0 Å². The van der Waals surface area contributed by atoms with Gasteiger partial charge < -0.3 is 0 Å². The summed E-state index contributed by atoms with van der Waals surface area (Å²) in [6.07, 6.45) is 0.218. The van der Waals surface area contributed by atoms with Gasteiger partial charge in [0.2, 0.25) is 0 Å². The second-order valence-electron chi connectivity index (χ2n) is 3.48. The Bertz CT molecular complexity index is 531. The van der Waals surface area contributed by atoms with Crippen LogP contribution < -0.4 is 0 Å². The van der Waals surface area contributed by atoms with Crippen LogP contribution in [0.2, 0.25) is 0 Å². The van der Waals surface area contributed by atoms with Crippen molar-refractivity contribution in [2.24, 2.45) is 0 Å². The minimum Gasteiger partial charge on any atom is -0.222 e. The molecular weight excluding hydrogens is 229 g/mol. The van der Waals surface area contributed by atoms with Gasteiger partial charge in [-0.25, -0.2) is 12.8 Å². The summed E-state index contributed by atoms with van der Waals surface area (Å²) in [5.74, 6) is -0.455. The fourth-order valence-corrected chi connectivity index (χ4v) is 2.84. The Hall–Kier alpha value is -1.41. The number of benzene rings is 1. The van der Waals surface area contributed by atoms with Crippen LogP contribution in [0.1, 0.15) is 18.9 Å².